The number of carbonyl (C=O) groups is 5. The number of halogens is 1. The third kappa shape index (κ3) is 9.79. The van der Waals surface area contributed by atoms with Crippen molar-refractivity contribution in [2.45, 2.75) is 87.6 Å². The minimum Gasteiger partial charge on any atom is -0.483 e. The van der Waals surface area contributed by atoms with Crippen molar-refractivity contribution in [2.24, 2.45) is 0 Å². The molecule has 1 saturated carbocycles. The lowest BCUT2D eigenvalue weighted by atomic mass is 9.81. The van der Waals surface area contributed by atoms with E-state index in [1.807, 2.05) is 18.2 Å². The van der Waals surface area contributed by atoms with Gasteiger partial charge in [0.2, 0.25) is 0 Å². The Morgan fingerprint density at radius 2 is 1.66 bits per heavy atom. The number of likely N-dealkylation sites (N-methyl/N-ethyl adjacent to an activating group) is 1. The van der Waals surface area contributed by atoms with E-state index in [4.69, 9.17) is 40.4 Å². The van der Waals surface area contributed by atoms with Crippen LogP contribution in [-0.2, 0) is 49.5 Å². The molecule has 7 aliphatic rings. The largest absolute Gasteiger partial charge is 0.483 e. The van der Waals surface area contributed by atoms with E-state index in [0.717, 1.165) is 69.0 Å². The summed E-state index contributed by atoms with van der Waals surface area (Å²) in [6.07, 6.45) is 9.76. The first kappa shape index (κ1) is 46.0. The summed E-state index contributed by atoms with van der Waals surface area (Å²) >= 11 is 6.23. The zero-order chi connectivity index (χ0) is 47.5. The van der Waals surface area contributed by atoms with Gasteiger partial charge >= 0.3 is 12.2 Å². The van der Waals surface area contributed by atoms with E-state index in [1.165, 1.54) is 27.8 Å². The lowest BCUT2D eigenvalue weighted by molar-refractivity contribution is -0.123. The Hall–Kier alpha value is -7.15. The van der Waals surface area contributed by atoms with Crippen molar-refractivity contribution < 1.29 is 48.0 Å². The highest BCUT2D eigenvalue weighted by Gasteiger charge is 2.48. The van der Waals surface area contributed by atoms with Gasteiger partial charge in [0.1, 0.15) is 22.7 Å². The smallest absolute Gasteiger partial charge is 0.416 e. The monoisotopic (exact) mass is 949 g/mol. The molecule has 0 radical (unpaired) electrons. The Labute approximate surface area is 395 Å². The Morgan fingerprint density at radius 3 is 2.44 bits per heavy atom. The highest BCUT2D eigenvalue weighted by molar-refractivity contribution is 6.30. The molecule has 3 aromatic heterocycles. The molecule has 3 fully saturated rings. The van der Waals surface area contributed by atoms with Gasteiger partial charge in [0.25, 0.3) is 24.2 Å². The molecule has 354 valence electrons. The molecule has 7 heterocycles. The molecule has 1 aromatic carbocycles. The maximum Gasteiger partial charge on any atom is 0.416 e. The normalized spacial score (nSPS) is 24.0. The van der Waals surface area contributed by atoms with E-state index in [1.54, 1.807) is 23.2 Å². The number of carboxylic acid groups (broad SMARTS) is 1. The maximum absolute atomic E-state index is 12.7. The van der Waals surface area contributed by atoms with Gasteiger partial charge < -0.3 is 44.9 Å². The summed E-state index contributed by atoms with van der Waals surface area (Å²) in [5.41, 5.74) is 5.08. The number of cyclic esters (lactones) is 1. The van der Waals surface area contributed by atoms with E-state index < -0.39 is 17.8 Å². The highest BCUT2D eigenvalue weighted by atomic mass is 35.5. The second-order valence-electron chi connectivity index (χ2n) is 17.6. The number of hydrogen-bond acceptors (Lipinski definition) is 16. The van der Waals surface area contributed by atoms with Gasteiger partial charge in [-0.15, -0.1) is 0 Å². The van der Waals surface area contributed by atoms with E-state index in [9.17, 15) is 24.4 Å². The molecular formula is C46H48ClN11O10. The van der Waals surface area contributed by atoms with Gasteiger partial charge in [0.15, 0.2) is 36.4 Å². The molecule has 11 rings (SSSR count). The van der Waals surface area contributed by atoms with Crippen LogP contribution >= 0.6 is 11.6 Å². The minimum absolute atomic E-state index is 0.0372. The molecule has 22 heteroatoms. The summed E-state index contributed by atoms with van der Waals surface area (Å²) in [5, 5.41) is 25.9. The van der Waals surface area contributed by atoms with Crippen molar-refractivity contribution >= 4 is 65.3 Å². The number of nitriles is 1. The Morgan fingerprint density at radius 1 is 0.912 bits per heavy atom. The van der Waals surface area contributed by atoms with Gasteiger partial charge in [-0.2, -0.15) is 5.26 Å². The van der Waals surface area contributed by atoms with Crippen LogP contribution in [0, 0.1) is 11.3 Å². The van der Waals surface area contributed by atoms with Crippen molar-refractivity contribution in [1.29, 1.82) is 5.26 Å². The number of nitrogens with zero attached hydrogens (tertiary/aromatic N) is 8. The van der Waals surface area contributed by atoms with Crippen LogP contribution in [0.1, 0.15) is 59.9 Å². The number of fused-ring (bicyclic) bond motifs is 4. The number of nitrogens with one attached hydrogen (secondary N) is 3. The number of hydrogen-bond donors (Lipinski definition) is 4. The molecule has 21 nitrogen and oxygen atoms in total. The quantitative estimate of drug-likeness (QED) is 0.143. The number of ether oxygens (including phenoxy) is 4. The molecule has 4 N–H and O–H groups in total. The van der Waals surface area contributed by atoms with Gasteiger partial charge in [-0.3, -0.25) is 24.2 Å². The molecule has 3 unspecified atom stereocenters. The van der Waals surface area contributed by atoms with E-state index >= 15 is 0 Å². The van der Waals surface area contributed by atoms with Crippen molar-refractivity contribution in [1.82, 2.24) is 30.2 Å². The number of anilines is 4. The van der Waals surface area contributed by atoms with Crippen LogP contribution in [0.4, 0.5) is 32.9 Å². The first-order valence-corrected chi connectivity index (χ1v) is 22.7. The Bertz CT molecular complexity index is 2680. The summed E-state index contributed by atoms with van der Waals surface area (Å²) < 4.78 is 22.0. The molecule has 1 spiro atoms. The van der Waals surface area contributed by atoms with E-state index in [0.29, 0.717) is 66.0 Å². The van der Waals surface area contributed by atoms with Crippen molar-refractivity contribution in [3.63, 3.8) is 0 Å². The van der Waals surface area contributed by atoms with Crippen LogP contribution in [0.3, 0.4) is 0 Å². The summed E-state index contributed by atoms with van der Waals surface area (Å²) in [4.78, 5) is 78.9. The van der Waals surface area contributed by atoms with Crippen molar-refractivity contribution in [2.75, 3.05) is 60.3 Å². The van der Waals surface area contributed by atoms with Gasteiger partial charge in [-0.05, 0) is 111 Å². The fourth-order valence-electron chi connectivity index (χ4n) is 9.84. The molecule has 3 aliphatic carbocycles. The summed E-state index contributed by atoms with van der Waals surface area (Å²) in [7, 11) is 2.07. The fraction of sp³-hybridized carbons (Fsp3) is 0.435. The molecule has 4 amide bonds. The summed E-state index contributed by atoms with van der Waals surface area (Å²) in [5.74, 6) is 1.46. The standard InChI is InChI=1S/C25H25N5O4.C20H21ClN6O4.CH2O2/c26-12-16-3-1-2-15-10-18(11-19(15)16)27-17-6-8-25(9-7-17)14-30(24(32)34-25)21-5-4-20-23(28-21)29-22(31)13-33-20;1-26(12-6-11-2-4-22-17(21)14(11)7-12)5-3-13-9-27(20(29)31-13)15-8-23-19-18(24-15)25-16(28)10-30-19;2-1-3/h1-5,17-18,27H,6-11,13-14H2,(H,28,29,31);2,4,8,12-13H,3,5-7,9-10H2,1H3,(H,24,25,28);1H,(H,2,3). The Kier molecular flexibility index (Phi) is 13.3. The first-order chi connectivity index (χ1) is 32.9. The first-order valence-electron chi connectivity index (χ1n) is 22.3. The van der Waals surface area contributed by atoms with Gasteiger partial charge in [0.05, 0.1) is 30.9 Å². The summed E-state index contributed by atoms with van der Waals surface area (Å²) in [6.45, 7) is 1.20. The highest BCUT2D eigenvalue weighted by Crippen LogP contribution is 2.40. The van der Waals surface area contributed by atoms with Gasteiger partial charge in [-0.1, -0.05) is 23.7 Å². The number of pyridine rings is 2. The SMILES string of the molecule is CN(CCC1CN(c2cnc3c(n2)NC(=O)CO3)C(=O)O1)C1Cc2ccnc(Cl)c2C1.N#Cc1cccc2c1CC(NC1CCC3(CC1)CN(c1ccc4c(n1)NC(=O)CO4)C(=O)O3)C2.O=CO. The topological polar surface area (TPSA) is 264 Å². The van der Waals surface area contributed by atoms with Crippen molar-refractivity contribution in [3.05, 3.63) is 81.8 Å². The molecule has 4 aromatic rings. The van der Waals surface area contributed by atoms with E-state index in [-0.39, 0.29) is 49.3 Å². The van der Waals surface area contributed by atoms with Crippen molar-refractivity contribution in [3.8, 4) is 17.7 Å². The maximum atomic E-state index is 12.7. The zero-order valence-electron chi connectivity index (χ0n) is 37.0. The zero-order valence-corrected chi connectivity index (χ0v) is 37.7. The molecule has 2 saturated heterocycles. The summed E-state index contributed by atoms with van der Waals surface area (Å²) in [6, 6.07) is 14.8. The van der Waals surface area contributed by atoms with Crippen LogP contribution in [0.15, 0.2) is 48.8 Å². The number of aromatic nitrogens is 4. The molecule has 68 heavy (non-hydrogen) atoms. The predicted molar refractivity (Wildman–Crippen MR) is 243 cm³/mol. The van der Waals surface area contributed by atoms with Crippen LogP contribution in [0.25, 0.3) is 0 Å². The predicted octanol–water partition coefficient (Wildman–Crippen LogP) is 4.05. The van der Waals surface area contributed by atoms with E-state index in [2.05, 4.69) is 60.0 Å². The Balaban J connectivity index is 0.000000161. The van der Waals surface area contributed by atoms with Crippen LogP contribution in [-0.4, -0.2) is 130 Å². The van der Waals surface area contributed by atoms with Crippen LogP contribution < -0.4 is 35.2 Å². The van der Waals surface area contributed by atoms with Crippen LogP contribution in [0.2, 0.25) is 5.15 Å². The second-order valence-corrected chi connectivity index (χ2v) is 18.0. The molecule has 0 bridgehead atoms. The average Bonchev–Trinajstić information content (AvgIpc) is 4.13. The third-order valence-corrected chi connectivity index (χ3v) is 13.6. The average molecular weight is 950 g/mol. The van der Waals surface area contributed by atoms with Gasteiger partial charge in [0, 0.05) is 30.9 Å². The number of amides is 4. The number of carbonyl (C=O) groups excluding carboxylic acids is 4. The number of benzene rings is 1. The molecular weight excluding hydrogens is 902 g/mol. The van der Waals surface area contributed by atoms with Gasteiger partial charge in [-0.25, -0.2) is 29.5 Å². The number of rotatable bonds is 8. The molecule has 4 aliphatic heterocycles. The fourth-order valence-corrected chi connectivity index (χ4v) is 10.1. The minimum atomic E-state index is -0.515. The third-order valence-electron chi connectivity index (χ3n) is 13.3. The second kappa shape index (κ2) is 19.6. The lowest BCUT2D eigenvalue weighted by Crippen LogP contribution is -2.47. The molecule has 3 atom stereocenters. The van der Waals surface area contributed by atoms with Crippen LogP contribution in [0.5, 0.6) is 11.6 Å². The lowest BCUT2D eigenvalue weighted by Gasteiger charge is -2.36.